The number of aryl methyl sites for hydroxylation is 1. The van der Waals surface area contributed by atoms with Gasteiger partial charge in [-0.25, -0.2) is 27.3 Å². The molecular weight excluding hydrogens is 441 g/mol. The SMILES string of the molecule is CNc1nc(-c2nnn(C)c2NC(=O)O[C@H](CF)c2ccccc2)ccc1NS(C)(=O)=O. The summed E-state index contributed by atoms with van der Waals surface area (Å²) in [4.78, 5) is 16.8. The molecule has 0 saturated heterocycles. The van der Waals surface area contributed by atoms with Crippen molar-refractivity contribution in [2.45, 2.75) is 6.10 Å². The van der Waals surface area contributed by atoms with Gasteiger partial charge in [0, 0.05) is 14.1 Å². The summed E-state index contributed by atoms with van der Waals surface area (Å²) in [6, 6.07) is 11.5. The van der Waals surface area contributed by atoms with E-state index < -0.39 is 28.9 Å². The Morgan fingerprint density at radius 1 is 1.22 bits per heavy atom. The molecule has 0 aliphatic rings. The smallest absolute Gasteiger partial charge is 0.413 e. The zero-order chi connectivity index (χ0) is 23.3. The molecule has 0 aliphatic heterocycles. The van der Waals surface area contributed by atoms with Crippen LogP contribution in [0.5, 0.6) is 0 Å². The maximum absolute atomic E-state index is 13.4. The van der Waals surface area contributed by atoms with E-state index >= 15 is 0 Å². The van der Waals surface area contributed by atoms with E-state index in [2.05, 4.69) is 30.7 Å². The number of halogens is 1. The van der Waals surface area contributed by atoms with Crippen LogP contribution in [0.3, 0.4) is 0 Å². The van der Waals surface area contributed by atoms with E-state index in [1.165, 1.54) is 16.8 Å². The summed E-state index contributed by atoms with van der Waals surface area (Å²) in [6.07, 6.45) is -0.944. The van der Waals surface area contributed by atoms with Crippen LogP contribution in [0.2, 0.25) is 0 Å². The third kappa shape index (κ3) is 5.49. The van der Waals surface area contributed by atoms with Gasteiger partial charge in [-0.3, -0.25) is 10.0 Å². The van der Waals surface area contributed by atoms with Crippen LogP contribution in [-0.4, -0.2) is 54.5 Å². The molecule has 0 radical (unpaired) electrons. The maximum atomic E-state index is 13.4. The number of amides is 1. The van der Waals surface area contributed by atoms with Crippen LogP contribution >= 0.6 is 0 Å². The highest BCUT2D eigenvalue weighted by molar-refractivity contribution is 7.92. The summed E-state index contributed by atoms with van der Waals surface area (Å²) in [5.74, 6) is 0.410. The fraction of sp³-hybridized carbons (Fsp3) is 0.263. The second-order valence-electron chi connectivity index (χ2n) is 6.71. The number of benzene rings is 1. The van der Waals surface area contributed by atoms with Crippen molar-refractivity contribution >= 4 is 33.4 Å². The summed E-state index contributed by atoms with van der Waals surface area (Å²) in [5.41, 5.74) is 1.28. The molecule has 0 unspecified atom stereocenters. The Labute approximate surface area is 184 Å². The van der Waals surface area contributed by atoms with Crippen molar-refractivity contribution in [1.29, 1.82) is 0 Å². The molecule has 0 aliphatic carbocycles. The molecule has 1 amide bonds. The Balaban J connectivity index is 1.84. The van der Waals surface area contributed by atoms with Gasteiger partial charge < -0.3 is 10.1 Å². The predicted molar refractivity (Wildman–Crippen MR) is 118 cm³/mol. The molecule has 1 atom stereocenters. The van der Waals surface area contributed by atoms with Crippen LogP contribution in [0.4, 0.5) is 26.5 Å². The minimum Gasteiger partial charge on any atom is -0.438 e. The van der Waals surface area contributed by atoms with Crippen LogP contribution in [-0.2, 0) is 21.8 Å². The van der Waals surface area contributed by atoms with E-state index in [0.29, 0.717) is 11.3 Å². The highest BCUT2D eigenvalue weighted by atomic mass is 32.2. The van der Waals surface area contributed by atoms with Gasteiger partial charge in [-0.2, -0.15) is 0 Å². The highest BCUT2D eigenvalue weighted by Crippen LogP contribution is 2.29. The van der Waals surface area contributed by atoms with E-state index in [9.17, 15) is 17.6 Å². The van der Waals surface area contributed by atoms with Gasteiger partial charge in [0.25, 0.3) is 0 Å². The Bertz CT molecular complexity index is 1200. The number of carbonyl (C=O) groups excluding carboxylic acids is 1. The Morgan fingerprint density at radius 3 is 2.56 bits per heavy atom. The number of anilines is 3. The molecule has 0 saturated carbocycles. The molecule has 170 valence electrons. The fourth-order valence-electron chi connectivity index (χ4n) is 2.85. The second kappa shape index (κ2) is 9.60. The number of rotatable bonds is 8. The first-order valence-corrected chi connectivity index (χ1v) is 11.3. The summed E-state index contributed by atoms with van der Waals surface area (Å²) < 4.78 is 45.4. The molecule has 3 rings (SSSR count). The molecule has 3 N–H and O–H groups in total. The number of aromatic nitrogens is 4. The van der Waals surface area contributed by atoms with Crippen molar-refractivity contribution in [2.24, 2.45) is 7.05 Å². The first kappa shape index (κ1) is 22.9. The summed E-state index contributed by atoms with van der Waals surface area (Å²) >= 11 is 0. The van der Waals surface area contributed by atoms with Crippen molar-refractivity contribution in [2.75, 3.05) is 35.3 Å². The number of nitrogens with one attached hydrogen (secondary N) is 3. The largest absolute Gasteiger partial charge is 0.438 e. The minimum absolute atomic E-state index is 0.166. The first-order valence-electron chi connectivity index (χ1n) is 9.37. The van der Waals surface area contributed by atoms with E-state index in [1.54, 1.807) is 44.4 Å². The quantitative estimate of drug-likeness (QED) is 0.463. The molecule has 0 fully saturated rings. The van der Waals surface area contributed by atoms with Crippen LogP contribution in [0.15, 0.2) is 42.5 Å². The van der Waals surface area contributed by atoms with Crippen molar-refractivity contribution in [3.63, 3.8) is 0 Å². The standard InChI is InChI=1S/C19H22FN7O4S/c1-21-17-14(25-32(3,29)30)10-9-13(22-17)16-18(27(2)26-24-16)23-19(28)31-15(11-20)12-7-5-4-6-8-12/h4-10,15,25H,11H2,1-3H3,(H,21,22)(H,23,28)/t15-/m1/s1. The van der Waals surface area contributed by atoms with Crippen molar-refractivity contribution in [1.82, 2.24) is 20.0 Å². The van der Waals surface area contributed by atoms with Crippen LogP contribution < -0.4 is 15.4 Å². The van der Waals surface area contributed by atoms with Crippen molar-refractivity contribution in [3.05, 3.63) is 48.0 Å². The number of hydrogen-bond acceptors (Lipinski definition) is 8. The van der Waals surface area contributed by atoms with Gasteiger partial charge in [-0.1, -0.05) is 35.5 Å². The lowest BCUT2D eigenvalue weighted by molar-refractivity contribution is 0.0928. The molecule has 0 spiro atoms. The molecule has 32 heavy (non-hydrogen) atoms. The molecule has 3 aromatic rings. The average Bonchev–Trinajstić information content (AvgIpc) is 3.12. The van der Waals surface area contributed by atoms with Gasteiger partial charge in [0.2, 0.25) is 10.0 Å². The normalized spacial score (nSPS) is 12.1. The fourth-order valence-corrected chi connectivity index (χ4v) is 3.41. The number of ether oxygens (including phenoxy) is 1. The maximum Gasteiger partial charge on any atom is 0.413 e. The summed E-state index contributed by atoms with van der Waals surface area (Å²) in [6.45, 7) is -0.893. The lowest BCUT2D eigenvalue weighted by Gasteiger charge is -2.16. The van der Waals surface area contributed by atoms with Crippen LogP contribution in [0.1, 0.15) is 11.7 Å². The number of hydrogen-bond donors (Lipinski definition) is 3. The Kier molecular flexibility index (Phi) is 6.88. The van der Waals surface area contributed by atoms with Crippen molar-refractivity contribution < 1.29 is 22.3 Å². The van der Waals surface area contributed by atoms with Crippen molar-refractivity contribution in [3.8, 4) is 11.4 Å². The molecule has 11 nitrogen and oxygen atoms in total. The monoisotopic (exact) mass is 463 g/mol. The number of carbonyl (C=O) groups is 1. The second-order valence-corrected chi connectivity index (χ2v) is 8.46. The van der Waals surface area contributed by atoms with Gasteiger partial charge in [0.15, 0.2) is 23.4 Å². The Hall–Kier alpha value is -3.74. The summed E-state index contributed by atoms with van der Waals surface area (Å²) in [5, 5.41) is 13.2. The van der Waals surface area contributed by atoms with E-state index in [1.807, 2.05) is 0 Å². The van der Waals surface area contributed by atoms with E-state index in [0.717, 1.165) is 6.26 Å². The predicted octanol–water partition coefficient (Wildman–Crippen LogP) is 2.55. The molecule has 2 aromatic heterocycles. The molecule has 1 aromatic carbocycles. The minimum atomic E-state index is -3.51. The third-order valence-corrected chi connectivity index (χ3v) is 4.87. The molecule has 2 heterocycles. The van der Waals surface area contributed by atoms with Gasteiger partial charge in [-0.15, -0.1) is 5.10 Å². The first-order chi connectivity index (χ1) is 15.2. The molecule has 13 heteroatoms. The number of alkyl halides is 1. The van der Waals surface area contributed by atoms with Gasteiger partial charge in [0.1, 0.15) is 6.67 Å². The number of pyridine rings is 1. The van der Waals surface area contributed by atoms with Crippen LogP contribution in [0.25, 0.3) is 11.4 Å². The number of sulfonamides is 1. The lowest BCUT2D eigenvalue weighted by Crippen LogP contribution is -2.20. The average molecular weight is 463 g/mol. The van der Waals surface area contributed by atoms with Gasteiger partial charge >= 0.3 is 6.09 Å². The van der Waals surface area contributed by atoms with E-state index in [-0.39, 0.29) is 23.0 Å². The zero-order valence-electron chi connectivity index (χ0n) is 17.5. The van der Waals surface area contributed by atoms with Gasteiger partial charge in [0.05, 0.1) is 17.6 Å². The zero-order valence-corrected chi connectivity index (χ0v) is 18.4. The lowest BCUT2D eigenvalue weighted by atomic mass is 10.1. The number of nitrogens with zero attached hydrogens (tertiary/aromatic N) is 4. The highest BCUT2D eigenvalue weighted by Gasteiger charge is 2.22. The topological polar surface area (TPSA) is 140 Å². The van der Waals surface area contributed by atoms with E-state index in [4.69, 9.17) is 4.74 Å². The van der Waals surface area contributed by atoms with Gasteiger partial charge in [-0.05, 0) is 17.7 Å². The summed E-state index contributed by atoms with van der Waals surface area (Å²) in [7, 11) is -0.384. The molecular formula is C19H22FN7O4S. The third-order valence-electron chi connectivity index (χ3n) is 4.28. The molecule has 0 bridgehead atoms. The Morgan fingerprint density at radius 2 is 1.94 bits per heavy atom. The van der Waals surface area contributed by atoms with Crippen LogP contribution in [0, 0.1) is 0 Å².